The minimum Gasteiger partial charge on any atom is -0.481 e. The molecule has 1 unspecified atom stereocenters. The van der Waals surface area contributed by atoms with Gasteiger partial charge in [-0.1, -0.05) is 0 Å². The van der Waals surface area contributed by atoms with Gasteiger partial charge in [0.05, 0.1) is 10.7 Å². The first kappa shape index (κ1) is 17.6. The summed E-state index contributed by atoms with van der Waals surface area (Å²) in [6.45, 7) is 3.38. The van der Waals surface area contributed by atoms with E-state index >= 15 is 0 Å². The van der Waals surface area contributed by atoms with Gasteiger partial charge in [0.1, 0.15) is 11.6 Å². The molecule has 0 fully saturated rings. The molecule has 8 heteroatoms. The average Bonchev–Trinajstić information content (AvgIpc) is 2.98. The Hall–Kier alpha value is -2.74. The molecular formula is C16H16FN3O3S. The number of aryl methyl sites for hydroxylation is 1. The van der Waals surface area contributed by atoms with Gasteiger partial charge in [-0.05, 0) is 44.2 Å². The number of amides is 2. The van der Waals surface area contributed by atoms with Gasteiger partial charge in [0.2, 0.25) is 0 Å². The van der Waals surface area contributed by atoms with Crippen LogP contribution in [0.2, 0.25) is 0 Å². The number of thiazole rings is 1. The Morgan fingerprint density at radius 2 is 2.00 bits per heavy atom. The van der Waals surface area contributed by atoms with Crippen molar-refractivity contribution in [3.8, 4) is 5.75 Å². The predicted octanol–water partition coefficient (Wildman–Crippen LogP) is 2.22. The maximum Gasteiger partial charge on any atom is 0.279 e. The minimum absolute atomic E-state index is 0.351. The summed E-state index contributed by atoms with van der Waals surface area (Å²) < 4.78 is 18.1. The van der Waals surface area contributed by atoms with Gasteiger partial charge in [0.25, 0.3) is 11.8 Å². The number of hydrogen-bond donors (Lipinski definition) is 2. The molecule has 1 heterocycles. The number of nitrogens with one attached hydrogen (secondary N) is 2. The Morgan fingerprint density at radius 3 is 2.62 bits per heavy atom. The average molecular weight is 349 g/mol. The molecule has 126 valence electrons. The molecule has 2 aromatic rings. The molecular weight excluding hydrogens is 333 g/mol. The molecule has 0 spiro atoms. The van der Waals surface area contributed by atoms with Gasteiger partial charge in [-0.25, -0.2) is 9.37 Å². The molecule has 0 saturated carbocycles. The smallest absolute Gasteiger partial charge is 0.279 e. The minimum atomic E-state index is -0.860. The summed E-state index contributed by atoms with van der Waals surface area (Å²) in [5.74, 6) is -1.08. The Balaban J connectivity index is 1.78. The first-order valence-electron chi connectivity index (χ1n) is 7.06. The molecule has 0 aliphatic carbocycles. The largest absolute Gasteiger partial charge is 0.481 e. The first-order valence-corrected chi connectivity index (χ1v) is 7.94. The third-order valence-electron chi connectivity index (χ3n) is 2.85. The Kier molecular flexibility index (Phi) is 6.02. The zero-order chi connectivity index (χ0) is 17.5. The Labute approximate surface area is 142 Å². The molecule has 2 rings (SSSR count). The Bertz CT molecular complexity index is 743. The zero-order valence-corrected chi connectivity index (χ0v) is 13.9. The van der Waals surface area contributed by atoms with E-state index in [9.17, 15) is 14.0 Å². The number of carbonyl (C=O) groups excluding carboxylic acids is 2. The van der Waals surface area contributed by atoms with E-state index in [-0.39, 0.29) is 0 Å². The van der Waals surface area contributed by atoms with Gasteiger partial charge in [0.15, 0.2) is 6.10 Å². The van der Waals surface area contributed by atoms with Crippen LogP contribution in [0, 0.1) is 12.7 Å². The van der Waals surface area contributed by atoms with E-state index in [4.69, 9.17) is 4.74 Å². The number of ether oxygens (including phenoxy) is 1. The molecule has 2 amide bonds. The highest BCUT2D eigenvalue weighted by Crippen LogP contribution is 2.13. The lowest BCUT2D eigenvalue weighted by atomic mass is 10.3. The molecule has 0 aliphatic heterocycles. The maximum atomic E-state index is 12.8. The van der Waals surface area contributed by atoms with E-state index in [0.717, 1.165) is 5.01 Å². The fourth-order valence-electron chi connectivity index (χ4n) is 1.66. The Morgan fingerprint density at radius 1 is 1.29 bits per heavy atom. The third kappa shape index (κ3) is 5.47. The molecule has 6 nitrogen and oxygen atoms in total. The van der Waals surface area contributed by atoms with Crippen molar-refractivity contribution in [2.24, 2.45) is 0 Å². The number of carbonyl (C=O) groups is 2. The van der Waals surface area contributed by atoms with Crippen molar-refractivity contribution in [2.75, 3.05) is 0 Å². The van der Waals surface area contributed by atoms with Crippen LogP contribution in [0.4, 0.5) is 4.39 Å². The van der Waals surface area contributed by atoms with E-state index in [1.54, 1.807) is 6.08 Å². The van der Waals surface area contributed by atoms with E-state index in [1.807, 2.05) is 12.3 Å². The van der Waals surface area contributed by atoms with Crippen LogP contribution in [0.5, 0.6) is 5.75 Å². The first-order chi connectivity index (χ1) is 11.4. The number of nitrogens with zero attached hydrogens (tertiary/aromatic N) is 1. The number of aromatic nitrogens is 1. The van der Waals surface area contributed by atoms with Crippen molar-refractivity contribution in [3.05, 3.63) is 52.2 Å². The van der Waals surface area contributed by atoms with Crippen LogP contribution >= 0.6 is 11.3 Å². The van der Waals surface area contributed by atoms with Crippen LogP contribution in [-0.4, -0.2) is 22.9 Å². The lowest BCUT2D eigenvalue weighted by Crippen LogP contribution is -2.46. The van der Waals surface area contributed by atoms with Crippen LogP contribution in [-0.2, 0) is 9.59 Å². The molecule has 1 aromatic carbocycles. The van der Waals surface area contributed by atoms with Crippen molar-refractivity contribution in [3.63, 3.8) is 0 Å². The lowest BCUT2D eigenvalue weighted by Gasteiger charge is -2.14. The number of hydrogen-bond acceptors (Lipinski definition) is 5. The van der Waals surface area contributed by atoms with Crippen LogP contribution in [0.3, 0.4) is 0 Å². The van der Waals surface area contributed by atoms with Gasteiger partial charge in [-0.3, -0.25) is 20.4 Å². The summed E-state index contributed by atoms with van der Waals surface area (Å²) in [4.78, 5) is 27.6. The second-order valence-electron chi connectivity index (χ2n) is 4.82. The monoisotopic (exact) mass is 349 g/mol. The van der Waals surface area contributed by atoms with E-state index in [1.165, 1.54) is 48.6 Å². The summed E-state index contributed by atoms with van der Waals surface area (Å²) in [6, 6.07) is 5.28. The quantitative estimate of drug-likeness (QED) is 0.641. The van der Waals surface area contributed by atoms with Crippen LogP contribution < -0.4 is 15.6 Å². The third-order valence-corrected chi connectivity index (χ3v) is 3.64. The molecule has 0 saturated heterocycles. The highest BCUT2D eigenvalue weighted by molar-refractivity contribution is 7.09. The fourth-order valence-corrected chi connectivity index (χ4v) is 2.24. The van der Waals surface area contributed by atoms with Gasteiger partial charge in [0, 0.05) is 11.5 Å². The molecule has 24 heavy (non-hydrogen) atoms. The normalized spacial score (nSPS) is 12.0. The number of hydrazine groups is 1. The summed E-state index contributed by atoms with van der Waals surface area (Å²) in [5.41, 5.74) is 5.17. The molecule has 1 aromatic heterocycles. The molecule has 1 atom stereocenters. The molecule has 2 N–H and O–H groups in total. The maximum absolute atomic E-state index is 12.8. The van der Waals surface area contributed by atoms with Crippen molar-refractivity contribution in [1.29, 1.82) is 0 Å². The van der Waals surface area contributed by atoms with Gasteiger partial charge < -0.3 is 4.74 Å². The molecule has 0 bridgehead atoms. The second kappa shape index (κ2) is 8.21. The zero-order valence-electron chi connectivity index (χ0n) is 13.1. The van der Waals surface area contributed by atoms with E-state index < -0.39 is 23.7 Å². The fraction of sp³-hybridized carbons (Fsp3) is 0.188. The SMILES string of the molecule is Cc1nc(/C=C/C(=O)NNC(=O)C(C)Oc2ccc(F)cc2)cs1. The van der Waals surface area contributed by atoms with Crippen molar-refractivity contribution in [2.45, 2.75) is 20.0 Å². The summed E-state index contributed by atoms with van der Waals surface area (Å²) in [5, 5.41) is 2.71. The standard InChI is InChI=1S/C16H16FN3O3S/c1-10(23-14-6-3-12(17)4-7-14)16(22)20-19-15(21)8-5-13-9-24-11(2)18-13/h3-10H,1-2H3,(H,19,21)(H,20,22)/b8-5+. The number of halogens is 1. The van der Waals surface area contributed by atoms with Gasteiger partial charge in [-0.15, -0.1) is 11.3 Å². The number of benzene rings is 1. The van der Waals surface area contributed by atoms with Crippen molar-refractivity contribution < 1.29 is 18.7 Å². The summed E-state index contributed by atoms with van der Waals surface area (Å²) in [7, 11) is 0. The van der Waals surface area contributed by atoms with Crippen molar-refractivity contribution >= 4 is 29.2 Å². The summed E-state index contributed by atoms with van der Waals surface area (Å²) in [6.07, 6.45) is 1.95. The van der Waals surface area contributed by atoms with Crippen LogP contribution in [0.25, 0.3) is 6.08 Å². The highest BCUT2D eigenvalue weighted by Gasteiger charge is 2.14. The van der Waals surface area contributed by atoms with E-state index in [2.05, 4.69) is 15.8 Å². The number of rotatable bonds is 5. The van der Waals surface area contributed by atoms with Gasteiger partial charge in [-0.2, -0.15) is 0 Å². The second-order valence-corrected chi connectivity index (χ2v) is 5.88. The topological polar surface area (TPSA) is 80.3 Å². The lowest BCUT2D eigenvalue weighted by molar-refractivity contribution is -0.131. The highest BCUT2D eigenvalue weighted by atomic mass is 32.1. The van der Waals surface area contributed by atoms with Crippen LogP contribution in [0.1, 0.15) is 17.6 Å². The van der Waals surface area contributed by atoms with E-state index in [0.29, 0.717) is 11.4 Å². The molecule has 0 radical (unpaired) electrons. The molecule has 0 aliphatic rings. The van der Waals surface area contributed by atoms with Crippen LogP contribution in [0.15, 0.2) is 35.7 Å². The predicted molar refractivity (Wildman–Crippen MR) is 88.7 cm³/mol. The van der Waals surface area contributed by atoms with Crippen molar-refractivity contribution in [1.82, 2.24) is 15.8 Å². The van der Waals surface area contributed by atoms with Gasteiger partial charge >= 0.3 is 0 Å². The summed E-state index contributed by atoms with van der Waals surface area (Å²) >= 11 is 1.48.